The number of nitrogens with zero attached hydrogens (tertiary/aromatic N) is 1. The van der Waals surface area contributed by atoms with Gasteiger partial charge in [0.15, 0.2) is 0 Å². The Morgan fingerprint density at radius 2 is 1.33 bits per heavy atom. The van der Waals surface area contributed by atoms with Gasteiger partial charge in [-0.2, -0.15) is 12.6 Å². The normalized spacial score (nSPS) is 20.6. The van der Waals surface area contributed by atoms with Crippen LogP contribution < -0.4 is 37.2 Å². The van der Waals surface area contributed by atoms with Crippen LogP contribution in [0.3, 0.4) is 0 Å². The average molecular weight is 877 g/mol. The van der Waals surface area contributed by atoms with Gasteiger partial charge in [-0.1, -0.05) is 52.7 Å². The number of nitrogens with one attached hydrogen (secondary N) is 7. The second kappa shape index (κ2) is 24.6. The minimum absolute atomic E-state index is 0.0732. The van der Waals surface area contributed by atoms with Crippen molar-refractivity contribution in [3.05, 3.63) is 29.8 Å². The first-order valence-corrected chi connectivity index (χ1v) is 21.6. The molecule has 7 amide bonds. The van der Waals surface area contributed by atoms with Crippen LogP contribution in [0.2, 0.25) is 0 Å². The summed E-state index contributed by atoms with van der Waals surface area (Å²) in [5.41, 5.74) is 0.447. The number of hydrogen-bond donors (Lipinski definition) is 11. The molecule has 0 bridgehead atoms. The fourth-order valence-electron chi connectivity index (χ4n) is 7.11. The topological polar surface area (TPSA) is 285 Å². The molecule has 11 atom stereocenters. The molecule has 0 aromatic heterocycles. The maximum atomic E-state index is 13.9. The second-order valence-corrected chi connectivity index (χ2v) is 16.3. The van der Waals surface area contributed by atoms with Crippen LogP contribution in [0, 0.1) is 11.8 Å². The Balaban J connectivity index is 1.79. The van der Waals surface area contributed by atoms with Crippen molar-refractivity contribution in [1.29, 1.82) is 0 Å². The molecular weight excluding hydrogens is 813 g/mol. The number of likely N-dealkylation sites (tertiary alicyclic amines) is 1. The largest absolute Gasteiger partial charge is 0.508 e. The molecule has 0 spiro atoms. The van der Waals surface area contributed by atoms with Crippen molar-refractivity contribution in [2.75, 3.05) is 25.4 Å². The summed E-state index contributed by atoms with van der Waals surface area (Å²) < 4.78 is 0. The van der Waals surface area contributed by atoms with Gasteiger partial charge in [0.2, 0.25) is 41.4 Å². The third-order valence-corrected chi connectivity index (χ3v) is 11.8. The molecule has 19 nitrogen and oxygen atoms in total. The van der Waals surface area contributed by atoms with Crippen LogP contribution in [0.15, 0.2) is 24.3 Å². The zero-order chi connectivity index (χ0) is 45.4. The number of phenolic OH excluding ortho intramolecular Hbond substituents is 1. The van der Waals surface area contributed by atoms with E-state index in [9.17, 15) is 53.7 Å². The lowest BCUT2D eigenvalue weighted by Crippen LogP contribution is -2.63. The highest BCUT2D eigenvalue weighted by Gasteiger charge is 2.39. The van der Waals surface area contributed by atoms with Crippen LogP contribution in [0.4, 0.5) is 0 Å². The maximum absolute atomic E-state index is 13.9. The number of amides is 7. The van der Waals surface area contributed by atoms with Gasteiger partial charge in [0, 0.05) is 18.7 Å². The summed E-state index contributed by atoms with van der Waals surface area (Å²) in [5.74, 6) is -6.24. The molecule has 2 fully saturated rings. The Morgan fingerprint density at radius 1 is 0.770 bits per heavy atom. The van der Waals surface area contributed by atoms with Gasteiger partial charge in [-0.15, -0.1) is 0 Å². The van der Waals surface area contributed by atoms with Crippen LogP contribution >= 0.6 is 12.6 Å². The minimum Gasteiger partial charge on any atom is -0.508 e. The fourth-order valence-corrected chi connectivity index (χ4v) is 7.36. The Kier molecular flexibility index (Phi) is 20.4. The number of aromatic hydroxyl groups is 1. The number of benzene rings is 1. The minimum atomic E-state index is -1.68. The quantitative estimate of drug-likeness (QED) is 0.0429. The third-order valence-electron chi connectivity index (χ3n) is 11.4. The number of carbonyl (C=O) groups excluding carboxylic acids is 8. The van der Waals surface area contributed by atoms with Gasteiger partial charge in [-0.3, -0.25) is 33.6 Å². The van der Waals surface area contributed by atoms with Crippen molar-refractivity contribution in [3.8, 4) is 5.75 Å². The number of rotatable bonds is 23. The van der Waals surface area contributed by atoms with Crippen molar-refractivity contribution in [1.82, 2.24) is 42.1 Å². The molecule has 2 aliphatic rings. The molecule has 340 valence electrons. The Labute approximate surface area is 362 Å². The first-order valence-electron chi connectivity index (χ1n) is 21.0. The number of aldehydes is 1. The van der Waals surface area contributed by atoms with Gasteiger partial charge < -0.3 is 62.2 Å². The molecule has 0 unspecified atom stereocenters. The van der Waals surface area contributed by atoms with Crippen molar-refractivity contribution in [2.45, 2.75) is 134 Å². The van der Waals surface area contributed by atoms with E-state index in [1.165, 1.54) is 36.1 Å². The van der Waals surface area contributed by atoms with Crippen molar-refractivity contribution < 1.29 is 53.7 Å². The van der Waals surface area contributed by atoms with Crippen molar-refractivity contribution >= 4 is 60.3 Å². The summed E-state index contributed by atoms with van der Waals surface area (Å²) >= 11 is 4.23. The first-order chi connectivity index (χ1) is 29.0. The van der Waals surface area contributed by atoms with Gasteiger partial charge in [0.1, 0.15) is 48.3 Å². The van der Waals surface area contributed by atoms with E-state index in [1.54, 1.807) is 13.8 Å². The standard InChI is InChI=1S/C41H64N8O11S/c1-6-22(3)32(46-35(54)28-11-8-16-42-28)39(58)45-31(21-61)38(57)48-34(24(5)52)40(59)43-29(18-25-12-14-27(53)15-13-25)36(55)44-30(20-51)37(56)47-33(23(4)7-2)41(60)49-17-9-10-26(49)19-50/h12-15,19,22-24,26,28-34,42,51-53,61H,6-11,16-18,20-21H2,1-5H3,(H,43,59)(H,44,55)(H,45,58)(H,46,54)(H,47,56)(H,48,57)/t22-,23-,24+,26-,28-,29-,30-,31-,32-,33-,34-/m0/s1. The van der Waals surface area contributed by atoms with E-state index in [2.05, 4.69) is 49.8 Å². The molecular formula is C41H64N8O11S. The summed E-state index contributed by atoms with van der Waals surface area (Å²) in [7, 11) is 0. The summed E-state index contributed by atoms with van der Waals surface area (Å²) in [6.07, 6.45) is 2.47. The molecule has 2 saturated heterocycles. The molecule has 0 saturated carbocycles. The number of carbonyl (C=O) groups is 8. The molecule has 2 heterocycles. The van der Waals surface area contributed by atoms with Gasteiger partial charge in [-0.05, 0) is 68.7 Å². The highest BCUT2D eigenvalue weighted by molar-refractivity contribution is 7.80. The number of hydrogen-bond acceptors (Lipinski definition) is 13. The average Bonchev–Trinajstić information content (AvgIpc) is 3.97. The molecule has 1 aromatic carbocycles. The predicted octanol–water partition coefficient (Wildman–Crippen LogP) is -1.82. The van der Waals surface area contributed by atoms with Crippen molar-refractivity contribution in [2.24, 2.45) is 11.8 Å². The number of aliphatic hydroxyl groups excluding tert-OH is 2. The monoisotopic (exact) mass is 876 g/mol. The van der Waals surface area contributed by atoms with E-state index in [0.717, 1.165) is 6.42 Å². The molecule has 1 aromatic rings. The lowest BCUT2D eigenvalue weighted by Gasteiger charge is -2.31. The number of phenols is 1. The third kappa shape index (κ3) is 14.4. The van der Waals surface area contributed by atoms with Gasteiger partial charge in [0.05, 0.1) is 24.8 Å². The summed E-state index contributed by atoms with van der Waals surface area (Å²) in [6, 6.07) is -3.56. The van der Waals surface area contributed by atoms with E-state index in [0.29, 0.717) is 57.0 Å². The Bertz CT molecular complexity index is 1680. The molecule has 20 heteroatoms. The highest BCUT2D eigenvalue weighted by atomic mass is 32.1. The smallest absolute Gasteiger partial charge is 0.246 e. The second-order valence-electron chi connectivity index (χ2n) is 15.9. The maximum Gasteiger partial charge on any atom is 0.246 e. The fraction of sp³-hybridized carbons (Fsp3) is 0.659. The van der Waals surface area contributed by atoms with E-state index >= 15 is 0 Å². The SMILES string of the molecule is CC[C@H](C)[C@H](NC(=O)[C@@H]1CCCN1)C(=O)N[C@@H](CS)C(=O)N[C@H](C(=O)N[C@@H](Cc1ccc(O)cc1)C(=O)N[C@@H](CO)C(=O)N[C@H](C(=O)N1CCC[C@H]1C=O)[C@@H](C)CC)[C@@H](C)O. The molecule has 61 heavy (non-hydrogen) atoms. The highest BCUT2D eigenvalue weighted by Crippen LogP contribution is 2.20. The lowest BCUT2D eigenvalue weighted by atomic mass is 9.97. The van der Waals surface area contributed by atoms with Crippen molar-refractivity contribution in [3.63, 3.8) is 0 Å². The van der Waals surface area contributed by atoms with E-state index in [4.69, 9.17) is 0 Å². The van der Waals surface area contributed by atoms with Gasteiger partial charge in [0.25, 0.3) is 0 Å². The molecule has 0 aliphatic carbocycles. The zero-order valence-corrected chi connectivity index (χ0v) is 36.4. The first kappa shape index (κ1) is 50.6. The van der Waals surface area contributed by atoms with E-state index in [-0.39, 0.29) is 35.7 Å². The summed E-state index contributed by atoms with van der Waals surface area (Å²) in [6.45, 7) is 8.52. The van der Waals surface area contributed by atoms with Gasteiger partial charge >= 0.3 is 0 Å². The molecule has 0 radical (unpaired) electrons. The summed E-state index contributed by atoms with van der Waals surface area (Å²) in [5, 5.41) is 49.2. The van der Waals surface area contributed by atoms with E-state index in [1.807, 2.05) is 13.8 Å². The molecule has 3 rings (SSSR count). The molecule has 2 aliphatic heterocycles. The van der Waals surface area contributed by atoms with Crippen LogP contribution in [0.1, 0.15) is 78.7 Å². The zero-order valence-electron chi connectivity index (χ0n) is 35.5. The van der Waals surface area contributed by atoms with Crippen LogP contribution in [-0.4, -0.2) is 148 Å². The van der Waals surface area contributed by atoms with Crippen LogP contribution in [0.25, 0.3) is 0 Å². The van der Waals surface area contributed by atoms with Crippen LogP contribution in [0.5, 0.6) is 5.75 Å². The molecule has 10 N–H and O–H groups in total. The van der Waals surface area contributed by atoms with Crippen LogP contribution in [-0.2, 0) is 44.8 Å². The lowest BCUT2D eigenvalue weighted by molar-refractivity contribution is -0.141. The predicted molar refractivity (Wildman–Crippen MR) is 227 cm³/mol. The summed E-state index contributed by atoms with van der Waals surface area (Å²) in [4.78, 5) is 108. The van der Waals surface area contributed by atoms with E-state index < -0.39 is 96.5 Å². The Hall–Kier alpha value is -4.79. The Morgan fingerprint density at radius 3 is 1.89 bits per heavy atom. The number of thiol groups is 1. The number of aliphatic hydroxyl groups is 2. The van der Waals surface area contributed by atoms with Gasteiger partial charge in [-0.25, -0.2) is 0 Å².